The van der Waals surface area contributed by atoms with E-state index in [0.29, 0.717) is 22.7 Å². The van der Waals surface area contributed by atoms with Gasteiger partial charge in [0.25, 0.3) is 0 Å². The van der Waals surface area contributed by atoms with Gasteiger partial charge in [0.1, 0.15) is 9.86 Å². The molecular weight excluding hydrogens is 310 g/mol. The maximum atomic E-state index is 11.7. The molecule has 3 rings (SSSR count). The molecule has 0 atom stereocenters. The van der Waals surface area contributed by atoms with Gasteiger partial charge in [-0.25, -0.2) is 25.7 Å². The van der Waals surface area contributed by atoms with Crippen LogP contribution < -0.4 is 17.0 Å². The second-order valence-corrected chi connectivity index (χ2v) is 6.05. The molecule has 110 valence electrons. The normalized spacial score (nSPS) is 11.1. The lowest BCUT2D eigenvalue weighted by Crippen LogP contribution is -2.17. The Balaban J connectivity index is 2.05. The van der Waals surface area contributed by atoms with E-state index in [1.165, 1.54) is 23.1 Å². The van der Waals surface area contributed by atoms with Gasteiger partial charge in [-0.05, 0) is 29.6 Å². The number of nitrogen functional groups attached to an aromatic ring is 1. The standard InChI is InChI=1S/C11H13N7OS2/c1-2-4-18-10(19)16-17-11(18)21-8-6-3-5-20-7(6)13-9(14-8)15-12/h3,5H,2,4,12H2,1H3,(H,16,19)(H,13,14,15). The monoisotopic (exact) mass is 323 g/mol. The Bertz CT molecular complexity index is 821. The topological polar surface area (TPSA) is 115 Å². The molecule has 0 aliphatic heterocycles. The Labute approximate surface area is 127 Å². The number of nitrogens with zero attached hydrogens (tertiary/aromatic N) is 4. The van der Waals surface area contributed by atoms with Gasteiger partial charge >= 0.3 is 5.69 Å². The van der Waals surface area contributed by atoms with Gasteiger partial charge in [0.15, 0.2) is 5.16 Å². The number of aromatic nitrogens is 5. The van der Waals surface area contributed by atoms with Crippen molar-refractivity contribution < 1.29 is 0 Å². The lowest BCUT2D eigenvalue weighted by Gasteiger charge is -2.05. The van der Waals surface area contributed by atoms with Gasteiger partial charge in [0.2, 0.25) is 5.95 Å². The minimum atomic E-state index is -0.216. The van der Waals surface area contributed by atoms with Crippen molar-refractivity contribution in [2.75, 3.05) is 5.43 Å². The van der Waals surface area contributed by atoms with Crippen LogP contribution in [0.1, 0.15) is 13.3 Å². The number of hydrogen-bond acceptors (Lipinski definition) is 8. The molecule has 0 bridgehead atoms. The van der Waals surface area contributed by atoms with Crippen molar-refractivity contribution in [3.05, 3.63) is 21.9 Å². The molecule has 10 heteroatoms. The molecule has 0 fully saturated rings. The summed E-state index contributed by atoms with van der Waals surface area (Å²) in [6.45, 7) is 2.61. The van der Waals surface area contributed by atoms with Crippen molar-refractivity contribution >= 4 is 39.3 Å². The van der Waals surface area contributed by atoms with Gasteiger partial charge in [-0.1, -0.05) is 6.92 Å². The van der Waals surface area contributed by atoms with E-state index in [2.05, 4.69) is 25.6 Å². The summed E-state index contributed by atoms with van der Waals surface area (Å²) in [5.74, 6) is 5.74. The van der Waals surface area contributed by atoms with E-state index in [-0.39, 0.29) is 5.69 Å². The van der Waals surface area contributed by atoms with Gasteiger partial charge < -0.3 is 0 Å². The molecule has 3 aromatic rings. The molecule has 0 amide bonds. The maximum Gasteiger partial charge on any atom is 0.343 e. The summed E-state index contributed by atoms with van der Waals surface area (Å²) < 4.78 is 1.60. The van der Waals surface area contributed by atoms with Crippen molar-refractivity contribution in [3.8, 4) is 0 Å². The zero-order valence-corrected chi connectivity index (χ0v) is 12.8. The molecular formula is C11H13N7OS2. The van der Waals surface area contributed by atoms with Crippen molar-refractivity contribution in [2.45, 2.75) is 30.1 Å². The van der Waals surface area contributed by atoms with Crippen LogP contribution in [-0.4, -0.2) is 24.7 Å². The highest BCUT2D eigenvalue weighted by Crippen LogP contribution is 2.32. The Morgan fingerprint density at radius 3 is 3.14 bits per heavy atom. The molecule has 0 aliphatic carbocycles. The highest BCUT2D eigenvalue weighted by atomic mass is 32.2. The van der Waals surface area contributed by atoms with Crippen LogP contribution in [0.15, 0.2) is 26.4 Å². The lowest BCUT2D eigenvalue weighted by atomic mass is 10.4. The van der Waals surface area contributed by atoms with Gasteiger partial charge in [-0.3, -0.25) is 9.99 Å². The third-order valence-electron chi connectivity index (χ3n) is 2.78. The molecule has 0 unspecified atom stereocenters. The van der Waals surface area contributed by atoms with Gasteiger partial charge in [0.05, 0.1) is 0 Å². The molecule has 0 spiro atoms. The molecule has 21 heavy (non-hydrogen) atoms. The lowest BCUT2D eigenvalue weighted by molar-refractivity contribution is 0.603. The summed E-state index contributed by atoms with van der Waals surface area (Å²) in [5, 5.41) is 10.7. The van der Waals surface area contributed by atoms with Crippen LogP contribution in [0.25, 0.3) is 10.2 Å². The second-order valence-electron chi connectivity index (χ2n) is 4.20. The first-order valence-electron chi connectivity index (χ1n) is 6.28. The van der Waals surface area contributed by atoms with Crippen molar-refractivity contribution in [3.63, 3.8) is 0 Å². The Morgan fingerprint density at radius 1 is 1.52 bits per heavy atom. The predicted octanol–water partition coefficient (Wildman–Crippen LogP) is 1.42. The molecule has 8 nitrogen and oxygen atoms in total. The number of nitrogens with one attached hydrogen (secondary N) is 2. The van der Waals surface area contributed by atoms with Crippen LogP contribution in [0.2, 0.25) is 0 Å². The van der Waals surface area contributed by atoms with E-state index >= 15 is 0 Å². The van der Waals surface area contributed by atoms with Crippen molar-refractivity contribution in [1.29, 1.82) is 0 Å². The molecule has 0 aromatic carbocycles. The first-order valence-corrected chi connectivity index (χ1v) is 7.97. The summed E-state index contributed by atoms with van der Waals surface area (Å²) in [5.41, 5.74) is 2.24. The second kappa shape index (κ2) is 5.84. The number of hydrogen-bond donors (Lipinski definition) is 3. The van der Waals surface area contributed by atoms with E-state index in [9.17, 15) is 4.79 Å². The molecule has 0 saturated heterocycles. The first-order chi connectivity index (χ1) is 10.2. The van der Waals surface area contributed by atoms with Crippen LogP contribution in [0.4, 0.5) is 5.95 Å². The summed E-state index contributed by atoms with van der Waals surface area (Å²) in [6, 6.07) is 1.94. The van der Waals surface area contributed by atoms with Crippen LogP contribution in [0, 0.1) is 0 Å². The highest BCUT2D eigenvalue weighted by molar-refractivity contribution is 7.99. The van der Waals surface area contributed by atoms with Crippen LogP contribution >= 0.6 is 23.1 Å². The number of hydrazine groups is 1. The molecule has 4 N–H and O–H groups in total. The predicted molar refractivity (Wildman–Crippen MR) is 82.5 cm³/mol. The fourth-order valence-corrected chi connectivity index (χ4v) is 3.64. The number of thiophene rings is 1. The average Bonchev–Trinajstić information content (AvgIpc) is 3.08. The average molecular weight is 323 g/mol. The summed E-state index contributed by atoms with van der Waals surface area (Å²) in [6.07, 6.45) is 0.847. The van der Waals surface area contributed by atoms with E-state index < -0.39 is 0 Å². The van der Waals surface area contributed by atoms with E-state index in [1.807, 2.05) is 18.4 Å². The fraction of sp³-hybridized carbons (Fsp3) is 0.273. The number of aromatic amines is 1. The minimum Gasteiger partial charge on any atom is -0.292 e. The molecule has 0 saturated carbocycles. The maximum absolute atomic E-state index is 11.7. The van der Waals surface area contributed by atoms with Crippen molar-refractivity contribution in [2.24, 2.45) is 5.84 Å². The number of H-pyrrole nitrogens is 1. The highest BCUT2D eigenvalue weighted by Gasteiger charge is 2.15. The minimum absolute atomic E-state index is 0.216. The smallest absolute Gasteiger partial charge is 0.292 e. The number of fused-ring (bicyclic) bond motifs is 1. The zero-order chi connectivity index (χ0) is 14.8. The first kappa shape index (κ1) is 14.0. The van der Waals surface area contributed by atoms with Gasteiger partial charge in [0, 0.05) is 11.9 Å². The van der Waals surface area contributed by atoms with Crippen molar-refractivity contribution in [1.82, 2.24) is 24.7 Å². The Morgan fingerprint density at radius 2 is 2.38 bits per heavy atom. The molecule has 3 heterocycles. The van der Waals surface area contributed by atoms with Crippen LogP contribution in [-0.2, 0) is 6.54 Å². The number of anilines is 1. The van der Waals surface area contributed by atoms with Gasteiger partial charge in [-0.2, -0.15) is 0 Å². The van der Waals surface area contributed by atoms with Crippen LogP contribution in [0.3, 0.4) is 0 Å². The van der Waals surface area contributed by atoms with E-state index in [4.69, 9.17) is 5.84 Å². The SMILES string of the molecule is CCCn1c(Sc2nc(NN)nc3sccc23)n[nH]c1=O. The molecule has 0 aliphatic rings. The Hall–Kier alpha value is -1.91. The summed E-state index contributed by atoms with van der Waals surface area (Å²) >= 11 is 2.82. The summed E-state index contributed by atoms with van der Waals surface area (Å²) in [4.78, 5) is 21.2. The number of rotatable bonds is 5. The van der Waals surface area contributed by atoms with Gasteiger partial charge in [-0.15, -0.1) is 16.4 Å². The molecule has 3 aromatic heterocycles. The Kier molecular flexibility index (Phi) is 3.90. The third-order valence-corrected chi connectivity index (χ3v) is 4.58. The van der Waals surface area contributed by atoms with E-state index in [1.54, 1.807) is 4.57 Å². The number of nitrogens with two attached hydrogens (primary N) is 1. The third kappa shape index (κ3) is 2.64. The largest absolute Gasteiger partial charge is 0.343 e. The quantitative estimate of drug-likeness (QED) is 0.369. The fourth-order valence-electron chi connectivity index (χ4n) is 1.86. The van der Waals surface area contributed by atoms with Crippen LogP contribution in [0.5, 0.6) is 0 Å². The molecule has 0 radical (unpaired) electrons. The summed E-state index contributed by atoms with van der Waals surface area (Å²) in [7, 11) is 0. The van der Waals surface area contributed by atoms with E-state index in [0.717, 1.165) is 16.6 Å². The zero-order valence-electron chi connectivity index (χ0n) is 11.2.